The molecule has 1 aliphatic rings. The van der Waals surface area contributed by atoms with Crippen molar-refractivity contribution in [3.05, 3.63) is 125 Å². The van der Waals surface area contributed by atoms with E-state index in [0.29, 0.717) is 45.3 Å². The number of nitro benzene ring substituents is 1. The number of nitrogens with zero attached hydrogens (tertiary/aromatic N) is 5. The Bertz CT molecular complexity index is 1750. The molecule has 0 saturated heterocycles. The van der Waals surface area contributed by atoms with E-state index in [1.807, 2.05) is 66.9 Å². The first kappa shape index (κ1) is 23.8. The summed E-state index contributed by atoms with van der Waals surface area (Å²) < 4.78 is 7.89. The first-order valence-corrected chi connectivity index (χ1v) is 12.1. The summed E-state index contributed by atoms with van der Waals surface area (Å²) in [6.45, 7) is 1.80. The van der Waals surface area contributed by atoms with Crippen molar-refractivity contribution in [2.75, 3.05) is 5.01 Å². The second kappa shape index (κ2) is 9.71. The molecule has 0 bridgehead atoms. The van der Waals surface area contributed by atoms with Crippen LogP contribution in [0.4, 0.5) is 11.4 Å². The van der Waals surface area contributed by atoms with Crippen LogP contribution in [-0.4, -0.2) is 26.3 Å². The second-order valence-corrected chi connectivity index (χ2v) is 8.88. The van der Waals surface area contributed by atoms with Gasteiger partial charge >= 0.3 is 0 Å². The van der Waals surface area contributed by atoms with Gasteiger partial charge in [-0.1, -0.05) is 36.4 Å². The maximum atomic E-state index is 13.4. The summed E-state index contributed by atoms with van der Waals surface area (Å²) >= 11 is 0. The van der Waals surface area contributed by atoms with Gasteiger partial charge in [-0.3, -0.25) is 14.9 Å². The van der Waals surface area contributed by atoms with E-state index in [0.717, 1.165) is 5.69 Å². The van der Waals surface area contributed by atoms with Gasteiger partial charge in [0.15, 0.2) is 5.76 Å². The Morgan fingerprint density at radius 1 is 0.846 bits per heavy atom. The van der Waals surface area contributed by atoms with E-state index in [1.54, 1.807) is 41.9 Å². The molecule has 0 unspecified atom stereocenters. The Kier molecular flexibility index (Phi) is 5.93. The highest BCUT2D eigenvalue weighted by molar-refractivity contribution is 6.32. The average Bonchev–Trinajstić information content (AvgIpc) is 3.69. The van der Waals surface area contributed by atoms with E-state index in [1.165, 1.54) is 17.1 Å². The lowest BCUT2D eigenvalue weighted by molar-refractivity contribution is -0.384. The summed E-state index contributed by atoms with van der Waals surface area (Å²) in [7, 11) is 0. The molecule has 0 aliphatic carbocycles. The van der Waals surface area contributed by atoms with Crippen LogP contribution >= 0.6 is 0 Å². The third kappa shape index (κ3) is 4.53. The molecular weight excluding hydrogens is 494 g/mol. The van der Waals surface area contributed by atoms with Gasteiger partial charge in [0.2, 0.25) is 0 Å². The number of nitro groups is 1. The summed E-state index contributed by atoms with van der Waals surface area (Å²) in [5.74, 6) is 0.797. The highest BCUT2D eigenvalue weighted by Crippen LogP contribution is 2.33. The Balaban J connectivity index is 1.41. The van der Waals surface area contributed by atoms with Crippen LogP contribution < -0.4 is 5.01 Å². The minimum absolute atomic E-state index is 0.00357. The Morgan fingerprint density at radius 3 is 2.15 bits per heavy atom. The molecule has 0 radical (unpaired) electrons. The Morgan fingerprint density at radius 2 is 1.49 bits per heavy atom. The molecular formula is C30H21N5O4. The molecule has 0 spiro atoms. The number of rotatable bonds is 6. The van der Waals surface area contributed by atoms with E-state index in [2.05, 4.69) is 5.10 Å². The molecule has 2 aromatic heterocycles. The Labute approximate surface area is 223 Å². The zero-order valence-corrected chi connectivity index (χ0v) is 20.8. The van der Waals surface area contributed by atoms with Crippen LogP contribution in [0.3, 0.4) is 0 Å². The van der Waals surface area contributed by atoms with E-state index in [9.17, 15) is 14.9 Å². The number of carbonyl (C=O) groups excluding carboxylic acids is 1. The summed E-state index contributed by atoms with van der Waals surface area (Å²) in [6, 6.07) is 28.6. The number of hydrogen-bond donors (Lipinski definition) is 0. The van der Waals surface area contributed by atoms with Crippen LogP contribution in [0.15, 0.2) is 118 Å². The molecule has 1 aliphatic heterocycles. The summed E-state index contributed by atoms with van der Waals surface area (Å²) in [4.78, 5) is 23.9. The van der Waals surface area contributed by atoms with Crippen LogP contribution in [0, 0.1) is 10.1 Å². The van der Waals surface area contributed by atoms with Gasteiger partial charge in [-0.05, 0) is 61.5 Å². The third-order valence-electron chi connectivity index (χ3n) is 6.33. The molecule has 9 heteroatoms. The van der Waals surface area contributed by atoms with Crippen LogP contribution in [0.2, 0.25) is 0 Å². The molecule has 0 saturated carbocycles. The van der Waals surface area contributed by atoms with Crippen molar-refractivity contribution < 1.29 is 14.1 Å². The zero-order chi connectivity index (χ0) is 26.9. The molecule has 39 heavy (non-hydrogen) atoms. The third-order valence-corrected chi connectivity index (χ3v) is 6.33. The standard InChI is InChI=1S/C30H21N5O4/c1-20-26(30(36)34(31-20)24-10-6-3-7-11-24)18-22-19-33(23-8-4-2-5-9-23)32-29(22)28-17-16-27(39-28)21-12-14-25(15-13-21)35(37)38/h2-19H,1H3. The van der Waals surface area contributed by atoms with Crippen LogP contribution in [0.25, 0.3) is 34.5 Å². The highest BCUT2D eigenvalue weighted by atomic mass is 16.6. The van der Waals surface area contributed by atoms with E-state index in [-0.39, 0.29) is 11.6 Å². The van der Waals surface area contributed by atoms with Crippen molar-refractivity contribution in [1.29, 1.82) is 0 Å². The molecule has 3 aromatic carbocycles. The van der Waals surface area contributed by atoms with Crippen molar-refractivity contribution in [2.24, 2.45) is 5.10 Å². The monoisotopic (exact) mass is 515 g/mol. The first-order valence-electron chi connectivity index (χ1n) is 12.1. The van der Waals surface area contributed by atoms with Crippen molar-refractivity contribution >= 4 is 29.1 Å². The van der Waals surface area contributed by atoms with Gasteiger partial charge in [0.25, 0.3) is 11.6 Å². The molecule has 0 fully saturated rings. The normalized spacial score (nSPS) is 14.2. The number of hydrogen-bond acceptors (Lipinski definition) is 6. The predicted molar refractivity (Wildman–Crippen MR) is 148 cm³/mol. The topological polar surface area (TPSA) is 107 Å². The lowest BCUT2D eigenvalue weighted by Crippen LogP contribution is -2.21. The van der Waals surface area contributed by atoms with Gasteiger partial charge in [0.05, 0.1) is 27.6 Å². The SMILES string of the molecule is CC1=NN(c2ccccc2)C(=O)C1=Cc1cn(-c2ccccc2)nc1-c1ccc(-c2ccc([N+](=O)[O-])cc2)o1. The molecule has 9 nitrogen and oxygen atoms in total. The van der Waals surface area contributed by atoms with Crippen LogP contribution in [0.5, 0.6) is 0 Å². The predicted octanol–water partition coefficient (Wildman–Crippen LogP) is 6.51. The smallest absolute Gasteiger partial charge is 0.280 e. The fraction of sp³-hybridized carbons (Fsp3) is 0.0333. The minimum atomic E-state index is -0.443. The van der Waals surface area contributed by atoms with Crippen LogP contribution in [0.1, 0.15) is 12.5 Å². The average molecular weight is 516 g/mol. The van der Waals surface area contributed by atoms with Gasteiger partial charge in [-0.15, -0.1) is 0 Å². The summed E-state index contributed by atoms with van der Waals surface area (Å²) in [5, 5.41) is 21.7. The number of amides is 1. The van der Waals surface area contributed by atoms with Crippen molar-refractivity contribution in [1.82, 2.24) is 9.78 Å². The van der Waals surface area contributed by atoms with E-state index >= 15 is 0 Å². The summed E-state index contributed by atoms with van der Waals surface area (Å²) in [6.07, 6.45) is 3.62. The Hall–Kier alpha value is -5.57. The number of aromatic nitrogens is 2. The van der Waals surface area contributed by atoms with Crippen molar-refractivity contribution in [3.63, 3.8) is 0 Å². The molecule has 1 amide bonds. The maximum Gasteiger partial charge on any atom is 0.280 e. The lowest BCUT2D eigenvalue weighted by atomic mass is 10.1. The molecule has 5 aromatic rings. The summed E-state index contributed by atoms with van der Waals surface area (Å²) in [5.41, 5.74) is 4.49. The second-order valence-electron chi connectivity index (χ2n) is 8.88. The fourth-order valence-corrected chi connectivity index (χ4v) is 4.35. The van der Waals surface area contributed by atoms with Crippen molar-refractivity contribution in [3.8, 4) is 28.5 Å². The van der Waals surface area contributed by atoms with Crippen LogP contribution in [-0.2, 0) is 4.79 Å². The number of furan rings is 1. The molecule has 6 rings (SSSR count). The van der Waals surface area contributed by atoms with Gasteiger partial charge in [0.1, 0.15) is 11.5 Å². The lowest BCUT2D eigenvalue weighted by Gasteiger charge is -2.10. The number of anilines is 1. The highest BCUT2D eigenvalue weighted by Gasteiger charge is 2.29. The first-order chi connectivity index (χ1) is 19.0. The minimum Gasteiger partial charge on any atom is -0.454 e. The number of hydrazone groups is 1. The number of para-hydroxylation sites is 2. The van der Waals surface area contributed by atoms with E-state index < -0.39 is 4.92 Å². The van der Waals surface area contributed by atoms with E-state index in [4.69, 9.17) is 9.52 Å². The fourth-order valence-electron chi connectivity index (χ4n) is 4.35. The van der Waals surface area contributed by atoms with Gasteiger partial charge in [-0.25, -0.2) is 4.68 Å². The van der Waals surface area contributed by atoms with Gasteiger partial charge < -0.3 is 4.42 Å². The van der Waals surface area contributed by atoms with Crippen molar-refractivity contribution in [2.45, 2.75) is 6.92 Å². The number of non-ortho nitro benzene ring substituents is 1. The van der Waals surface area contributed by atoms with Gasteiger partial charge in [0, 0.05) is 29.5 Å². The maximum absolute atomic E-state index is 13.4. The number of benzene rings is 3. The van der Waals surface area contributed by atoms with Gasteiger partial charge in [-0.2, -0.15) is 15.2 Å². The number of carbonyl (C=O) groups is 1. The zero-order valence-electron chi connectivity index (χ0n) is 20.8. The molecule has 3 heterocycles. The quantitative estimate of drug-likeness (QED) is 0.145. The molecule has 0 atom stereocenters. The molecule has 0 N–H and O–H groups in total. The largest absolute Gasteiger partial charge is 0.454 e. The molecule has 190 valence electrons.